The van der Waals surface area contributed by atoms with Crippen LogP contribution in [0.25, 0.3) is 0 Å². The third-order valence-corrected chi connectivity index (χ3v) is 8.39. The minimum Gasteiger partial charge on any atom is -0.462 e. The molecule has 3 saturated heterocycles. The number of carbonyl (C=O) groups excluding carboxylic acids is 2. The number of carbonyl (C=O) groups is 2. The van der Waals surface area contributed by atoms with Crippen molar-refractivity contribution >= 4 is 11.9 Å². The number of ether oxygens (including phenoxy) is 4. The quantitative estimate of drug-likeness (QED) is 0.652. The highest BCUT2D eigenvalue weighted by Crippen LogP contribution is 2.72. The molecule has 4 aliphatic rings. The van der Waals surface area contributed by atoms with Crippen LogP contribution >= 0.6 is 0 Å². The van der Waals surface area contributed by atoms with E-state index >= 15 is 0 Å². The van der Waals surface area contributed by atoms with Crippen LogP contribution in [-0.4, -0.2) is 65.6 Å². The predicted octanol–water partition coefficient (Wildman–Crippen LogP) is 1.41. The van der Waals surface area contributed by atoms with E-state index in [2.05, 4.69) is 0 Å². The zero-order valence-corrected chi connectivity index (χ0v) is 18.6. The predicted molar refractivity (Wildman–Crippen MR) is 104 cm³/mol. The van der Waals surface area contributed by atoms with Crippen molar-refractivity contribution in [1.82, 2.24) is 0 Å². The van der Waals surface area contributed by atoms with Gasteiger partial charge in [0.2, 0.25) is 6.29 Å². The zero-order valence-electron chi connectivity index (χ0n) is 18.6. The summed E-state index contributed by atoms with van der Waals surface area (Å²) in [4.78, 5) is 24.6. The van der Waals surface area contributed by atoms with Crippen molar-refractivity contribution in [2.45, 2.75) is 84.6 Å². The van der Waals surface area contributed by atoms with Gasteiger partial charge in [-0.25, -0.2) is 4.79 Å². The molecule has 1 spiro atoms. The normalized spacial score (nSPS) is 50.3. The van der Waals surface area contributed by atoms with E-state index in [1.807, 2.05) is 27.7 Å². The molecule has 0 aromatic heterocycles. The Hall–Kier alpha value is -1.22. The van der Waals surface area contributed by atoms with Gasteiger partial charge in [-0.1, -0.05) is 27.7 Å². The van der Waals surface area contributed by atoms with Gasteiger partial charge in [-0.05, 0) is 31.1 Å². The van der Waals surface area contributed by atoms with E-state index in [9.17, 15) is 19.8 Å². The number of aliphatic hydroxyl groups is 2. The first-order chi connectivity index (χ1) is 13.8. The van der Waals surface area contributed by atoms with E-state index in [4.69, 9.17) is 18.9 Å². The lowest BCUT2D eigenvalue weighted by atomic mass is 9.54. The van der Waals surface area contributed by atoms with Crippen molar-refractivity contribution in [3.8, 4) is 0 Å². The first-order valence-electron chi connectivity index (χ1n) is 10.8. The molecule has 9 atom stereocenters. The largest absolute Gasteiger partial charge is 0.462 e. The van der Waals surface area contributed by atoms with Gasteiger partial charge in [0.05, 0.1) is 30.3 Å². The fourth-order valence-electron chi connectivity index (χ4n) is 6.64. The molecule has 1 aliphatic carbocycles. The van der Waals surface area contributed by atoms with Crippen LogP contribution in [0.1, 0.15) is 54.4 Å². The number of hydrogen-bond donors (Lipinski definition) is 2. The van der Waals surface area contributed by atoms with Gasteiger partial charge in [-0.2, -0.15) is 0 Å². The maximum Gasteiger partial charge on any atom is 0.338 e. The first-order valence-corrected chi connectivity index (χ1v) is 10.8. The van der Waals surface area contributed by atoms with E-state index in [0.717, 1.165) is 0 Å². The van der Waals surface area contributed by atoms with Crippen LogP contribution in [0.2, 0.25) is 0 Å². The Bertz CT molecular complexity index is 742. The van der Waals surface area contributed by atoms with E-state index in [-0.39, 0.29) is 23.9 Å². The third kappa shape index (κ3) is 2.66. The maximum atomic E-state index is 12.5. The fraction of sp³-hybridized carbons (Fsp3) is 0.909. The van der Waals surface area contributed by atoms with Gasteiger partial charge in [0.25, 0.3) is 0 Å². The summed E-state index contributed by atoms with van der Waals surface area (Å²) in [6.07, 6.45) is -2.71. The van der Waals surface area contributed by atoms with Crippen molar-refractivity contribution in [2.75, 3.05) is 13.2 Å². The van der Waals surface area contributed by atoms with Crippen molar-refractivity contribution in [2.24, 2.45) is 28.1 Å². The molecule has 1 saturated carbocycles. The van der Waals surface area contributed by atoms with E-state index in [1.54, 1.807) is 6.92 Å². The Kier molecular flexibility index (Phi) is 4.87. The number of hydrogen-bond acceptors (Lipinski definition) is 8. The summed E-state index contributed by atoms with van der Waals surface area (Å²) in [5, 5.41) is 22.4. The third-order valence-electron chi connectivity index (χ3n) is 8.39. The molecule has 0 aromatic carbocycles. The highest BCUT2D eigenvalue weighted by Gasteiger charge is 2.82. The van der Waals surface area contributed by atoms with Crippen molar-refractivity contribution in [1.29, 1.82) is 0 Å². The summed E-state index contributed by atoms with van der Waals surface area (Å²) >= 11 is 0. The smallest absolute Gasteiger partial charge is 0.338 e. The highest BCUT2D eigenvalue weighted by molar-refractivity contribution is 5.79. The molecular weight excluding hydrogens is 392 g/mol. The summed E-state index contributed by atoms with van der Waals surface area (Å²) in [6, 6.07) is 0. The Morgan fingerprint density at radius 1 is 1.30 bits per heavy atom. The second-order valence-electron chi connectivity index (χ2n) is 11.0. The molecule has 4 fully saturated rings. The van der Waals surface area contributed by atoms with Crippen LogP contribution in [0.15, 0.2) is 0 Å². The summed E-state index contributed by atoms with van der Waals surface area (Å²) < 4.78 is 23.3. The SMILES string of the molecule is CC(=O)OC1C[C@@H](C(C)(C)C)C23C(OCC12CC1OC[C@@H](C)[C@@]1(C)O)OC(=O)[C@@H]3O. The average Bonchev–Trinajstić information content (AvgIpc) is 3.24. The van der Waals surface area contributed by atoms with Crippen LogP contribution in [-0.2, 0) is 28.5 Å². The average molecular weight is 427 g/mol. The molecule has 8 nitrogen and oxygen atoms in total. The highest BCUT2D eigenvalue weighted by atomic mass is 16.7. The van der Waals surface area contributed by atoms with Gasteiger partial charge in [-0.15, -0.1) is 0 Å². The fourth-order valence-corrected chi connectivity index (χ4v) is 6.64. The van der Waals surface area contributed by atoms with Crippen molar-refractivity contribution in [3.63, 3.8) is 0 Å². The van der Waals surface area contributed by atoms with Gasteiger partial charge in [0, 0.05) is 18.3 Å². The molecule has 0 aromatic rings. The molecule has 5 unspecified atom stereocenters. The van der Waals surface area contributed by atoms with Gasteiger partial charge in [0.15, 0.2) is 6.10 Å². The molecule has 0 amide bonds. The topological polar surface area (TPSA) is 112 Å². The molecule has 4 rings (SSSR count). The van der Waals surface area contributed by atoms with Crippen LogP contribution < -0.4 is 0 Å². The molecule has 3 heterocycles. The lowest BCUT2D eigenvalue weighted by Crippen LogP contribution is -2.58. The van der Waals surface area contributed by atoms with Gasteiger partial charge >= 0.3 is 11.9 Å². The Labute approximate surface area is 177 Å². The van der Waals surface area contributed by atoms with E-state index in [0.29, 0.717) is 19.4 Å². The van der Waals surface area contributed by atoms with Crippen LogP contribution in [0.4, 0.5) is 0 Å². The molecule has 3 aliphatic heterocycles. The zero-order chi connectivity index (χ0) is 22.3. The van der Waals surface area contributed by atoms with Crippen LogP contribution in [0.3, 0.4) is 0 Å². The number of esters is 2. The minimum atomic E-state index is -1.40. The lowest BCUT2D eigenvalue weighted by molar-refractivity contribution is -0.166. The summed E-state index contributed by atoms with van der Waals surface area (Å²) in [5.74, 6) is -1.44. The monoisotopic (exact) mass is 426 g/mol. The lowest BCUT2D eigenvalue weighted by Gasteiger charge is -2.48. The molecule has 8 heteroatoms. The van der Waals surface area contributed by atoms with E-state index in [1.165, 1.54) is 6.92 Å². The molecule has 2 N–H and O–H groups in total. The van der Waals surface area contributed by atoms with Gasteiger partial charge < -0.3 is 29.2 Å². The minimum absolute atomic E-state index is 0.0775. The number of aliphatic hydroxyl groups excluding tert-OH is 1. The van der Waals surface area contributed by atoms with Crippen LogP contribution in [0.5, 0.6) is 0 Å². The molecule has 30 heavy (non-hydrogen) atoms. The standard InChI is InChI=1S/C22H34O8/c1-11-9-27-15(20(11,6)26)8-21-10-28-18-22(21,16(24)17(25)30-18)13(19(3,4)5)7-14(21)29-12(2)23/h11,13-16,18,24,26H,7-10H2,1-6H3/t11-,13+,14?,15?,16+,18?,20-,21?,22?/m1/s1. The first kappa shape index (κ1) is 22.0. The summed E-state index contributed by atoms with van der Waals surface area (Å²) in [6.45, 7) is 11.7. The molecular formula is C22H34O8. The van der Waals surface area contributed by atoms with Crippen molar-refractivity contribution < 1.29 is 38.7 Å². The number of rotatable bonds is 3. The summed E-state index contributed by atoms with van der Waals surface area (Å²) in [5.41, 5.74) is -3.43. The van der Waals surface area contributed by atoms with Crippen LogP contribution in [0, 0.1) is 28.1 Å². The summed E-state index contributed by atoms with van der Waals surface area (Å²) in [7, 11) is 0. The molecule has 0 bridgehead atoms. The molecule has 0 radical (unpaired) electrons. The Balaban J connectivity index is 1.87. The second-order valence-corrected chi connectivity index (χ2v) is 11.0. The van der Waals surface area contributed by atoms with E-state index < -0.39 is 53.0 Å². The maximum absolute atomic E-state index is 12.5. The molecule has 170 valence electrons. The van der Waals surface area contributed by atoms with Gasteiger partial charge in [-0.3, -0.25) is 4.79 Å². The Morgan fingerprint density at radius 3 is 2.50 bits per heavy atom. The Morgan fingerprint density at radius 2 is 1.97 bits per heavy atom. The van der Waals surface area contributed by atoms with Crippen molar-refractivity contribution in [3.05, 3.63) is 0 Å². The second kappa shape index (κ2) is 6.64. The van der Waals surface area contributed by atoms with Gasteiger partial charge in [0.1, 0.15) is 6.10 Å².